The predicted octanol–water partition coefficient (Wildman–Crippen LogP) is 4.08. The maximum absolute atomic E-state index is 13.6. The van der Waals surface area contributed by atoms with Crippen molar-refractivity contribution in [1.29, 1.82) is 0 Å². The van der Waals surface area contributed by atoms with Gasteiger partial charge in [-0.05, 0) is 38.6 Å². The molecule has 0 amide bonds. The molecule has 0 bridgehead atoms. The summed E-state index contributed by atoms with van der Waals surface area (Å²) in [6.45, 7) is 1.91. The van der Waals surface area contributed by atoms with E-state index < -0.39 is 11.7 Å². The Morgan fingerprint density at radius 2 is 2.07 bits per heavy atom. The van der Waals surface area contributed by atoms with E-state index in [9.17, 15) is 13.2 Å². The summed E-state index contributed by atoms with van der Waals surface area (Å²) in [6, 6.07) is 4.20. The molecule has 6 nitrogen and oxygen atoms in total. The minimum atomic E-state index is -4.51. The third kappa shape index (κ3) is 3.70. The minimum absolute atomic E-state index is 0.0300. The van der Waals surface area contributed by atoms with Crippen LogP contribution < -0.4 is 5.32 Å². The van der Waals surface area contributed by atoms with Crippen LogP contribution in [0.2, 0.25) is 0 Å². The summed E-state index contributed by atoms with van der Waals surface area (Å²) in [7, 11) is 2.06. The average Bonchev–Trinajstić information content (AvgIpc) is 3.12. The SMILES string of the molecule is CN1CCC[C@@H](Nc2nnc(-c3ccc(Br)cc3C(F)(F)F)c3cncn23)C1. The van der Waals surface area contributed by atoms with Gasteiger partial charge in [-0.25, -0.2) is 4.98 Å². The number of nitrogens with one attached hydrogen (secondary N) is 1. The number of imidazole rings is 1. The van der Waals surface area contributed by atoms with Crippen LogP contribution in [-0.4, -0.2) is 50.7 Å². The van der Waals surface area contributed by atoms with E-state index in [1.165, 1.54) is 18.6 Å². The molecule has 1 N–H and O–H groups in total. The second kappa shape index (κ2) is 7.32. The lowest BCUT2D eigenvalue weighted by Gasteiger charge is -2.30. The van der Waals surface area contributed by atoms with E-state index in [0.717, 1.165) is 32.0 Å². The number of rotatable bonds is 3. The van der Waals surface area contributed by atoms with Gasteiger partial charge in [-0.1, -0.05) is 22.0 Å². The summed E-state index contributed by atoms with van der Waals surface area (Å²) in [5.41, 5.74) is -0.190. The van der Waals surface area contributed by atoms with Crippen LogP contribution in [0.4, 0.5) is 19.1 Å². The molecular formula is C18H18BrF3N6. The molecule has 1 aliphatic heterocycles. The predicted molar refractivity (Wildman–Crippen MR) is 103 cm³/mol. The van der Waals surface area contributed by atoms with E-state index >= 15 is 0 Å². The van der Waals surface area contributed by atoms with Crippen molar-refractivity contribution >= 4 is 27.4 Å². The average molecular weight is 455 g/mol. The Hall–Kier alpha value is -2.20. The molecule has 0 unspecified atom stereocenters. The Balaban J connectivity index is 1.76. The second-order valence-electron chi connectivity index (χ2n) is 6.95. The maximum atomic E-state index is 13.6. The molecule has 28 heavy (non-hydrogen) atoms. The van der Waals surface area contributed by atoms with Crippen LogP contribution in [0.3, 0.4) is 0 Å². The van der Waals surface area contributed by atoms with Crippen molar-refractivity contribution in [1.82, 2.24) is 24.5 Å². The topological polar surface area (TPSA) is 58.3 Å². The van der Waals surface area contributed by atoms with Gasteiger partial charge in [-0.15, -0.1) is 10.2 Å². The Kier molecular flexibility index (Phi) is 5.00. The lowest BCUT2D eigenvalue weighted by Crippen LogP contribution is -2.40. The number of nitrogens with zero attached hydrogens (tertiary/aromatic N) is 5. The molecule has 0 aliphatic carbocycles. The molecule has 4 rings (SSSR count). The molecule has 0 saturated carbocycles. The van der Waals surface area contributed by atoms with E-state index in [4.69, 9.17) is 0 Å². The monoisotopic (exact) mass is 454 g/mol. The molecule has 0 radical (unpaired) electrons. The number of aromatic nitrogens is 4. The third-order valence-corrected chi connectivity index (χ3v) is 5.35. The first kappa shape index (κ1) is 19.1. The molecule has 1 aliphatic rings. The van der Waals surface area contributed by atoms with Crippen LogP contribution in [0.15, 0.2) is 35.2 Å². The molecule has 0 spiro atoms. The minimum Gasteiger partial charge on any atom is -0.350 e. The number of halogens is 4. The molecule has 148 valence electrons. The molecule has 1 fully saturated rings. The molecule has 2 aromatic heterocycles. The van der Waals surface area contributed by atoms with E-state index in [0.29, 0.717) is 15.9 Å². The maximum Gasteiger partial charge on any atom is 0.417 e. The fourth-order valence-corrected chi connectivity index (χ4v) is 3.91. The number of hydrogen-bond donors (Lipinski definition) is 1. The first-order chi connectivity index (χ1) is 13.3. The van der Waals surface area contributed by atoms with Gasteiger partial charge in [0.1, 0.15) is 12.0 Å². The Labute approximate surface area is 167 Å². The first-order valence-corrected chi connectivity index (χ1v) is 9.63. The zero-order chi connectivity index (χ0) is 19.9. The number of likely N-dealkylation sites (N-methyl/N-ethyl adjacent to an activating group) is 1. The lowest BCUT2D eigenvalue weighted by molar-refractivity contribution is -0.137. The zero-order valence-corrected chi connectivity index (χ0v) is 16.6. The smallest absolute Gasteiger partial charge is 0.350 e. The number of anilines is 1. The van der Waals surface area contributed by atoms with Gasteiger partial charge in [0.15, 0.2) is 0 Å². The highest BCUT2D eigenvalue weighted by Gasteiger charge is 2.35. The van der Waals surface area contributed by atoms with Crippen LogP contribution in [0.25, 0.3) is 16.8 Å². The quantitative estimate of drug-likeness (QED) is 0.645. The summed E-state index contributed by atoms with van der Waals surface area (Å²) >= 11 is 3.11. The highest BCUT2D eigenvalue weighted by molar-refractivity contribution is 9.10. The molecule has 10 heteroatoms. The van der Waals surface area contributed by atoms with Gasteiger partial charge in [-0.2, -0.15) is 13.2 Å². The second-order valence-corrected chi connectivity index (χ2v) is 7.87. The number of alkyl halides is 3. The molecular weight excluding hydrogens is 437 g/mol. The van der Waals surface area contributed by atoms with Crippen molar-refractivity contribution in [2.75, 3.05) is 25.5 Å². The molecule has 1 saturated heterocycles. The van der Waals surface area contributed by atoms with Gasteiger partial charge in [0.05, 0.1) is 17.3 Å². The summed E-state index contributed by atoms with van der Waals surface area (Å²) < 4.78 is 42.7. The van der Waals surface area contributed by atoms with Gasteiger partial charge in [0.2, 0.25) is 5.95 Å². The lowest BCUT2D eigenvalue weighted by atomic mass is 10.0. The van der Waals surface area contributed by atoms with Gasteiger partial charge < -0.3 is 10.2 Å². The number of piperidine rings is 1. The molecule has 3 heterocycles. The van der Waals surface area contributed by atoms with Crippen molar-refractivity contribution in [2.24, 2.45) is 0 Å². The fraction of sp³-hybridized carbons (Fsp3) is 0.389. The zero-order valence-electron chi connectivity index (χ0n) is 15.0. The van der Waals surface area contributed by atoms with E-state index in [-0.39, 0.29) is 17.3 Å². The van der Waals surface area contributed by atoms with Crippen LogP contribution in [-0.2, 0) is 6.18 Å². The van der Waals surface area contributed by atoms with Crippen LogP contribution in [0.1, 0.15) is 18.4 Å². The van der Waals surface area contributed by atoms with Gasteiger partial charge >= 0.3 is 6.18 Å². The van der Waals surface area contributed by atoms with Crippen LogP contribution in [0, 0.1) is 0 Å². The Morgan fingerprint density at radius 1 is 1.25 bits per heavy atom. The van der Waals surface area contributed by atoms with Gasteiger partial charge in [0, 0.05) is 22.6 Å². The number of hydrogen-bond acceptors (Lipinski definition) is 5. The van der Waals surface area contributed by atoms with Gasteiger partial charge in [-0.3, -0.25) is 4.40 Å². The Morgan fingerprint density at radius 3 is 2.82 bits per heavy atom. The van der Waals surface area contributed by atoms with Crippen LogP contribution >= 0.6 is 15.9 Å². The molecule has 1 aromatic carbocycles. The molecule has 1 atom stereocenters. The third-order valence-electron chi connectivity index (χ3n) is 4.85. The summed E-state index contributed by atoms with van der Waals surface area (Å²) in [5.74, 6) is 0.474. The normalized spacial score (nSPS) is 18.5. The van der Waals surface area contributed by atoms with E-state index in [1.54, 1.807) is 10.5 Å². The number of likely N-dealkylation sites (tertiary alicyclic amines) is 1. The van der Waals surface area contributed by atoms with Crippen molar-refractivity contribution in [3.63, 3.8) is 0 Å². The van der Waals surface area contributed by atoms with Crippen molar-refractivity contribution in [2.45, 2.75) is 25.1 Å². The van der Waals surface area contributed by atoms with E-state index in [1.807, 2.05) is 0 Å². The number of fused-ring (bicyclic) bond motifs is 1. The summed E-state index contributed by atoms with van der Waals surface area (Å²) in [5, 5.41) is 11.7. The molecule has 3 aromatic rings. The fourth-order valence-electron chi connectivity index (χ4n) is 3.55. The largest absolute Gasteiger partial charge is 0.417 e. The van der Waals surface area contributed by atoms with Crippen molar-refractivity contribution in [3.05, 3.63) is 40.8 Å². The highest BCUT2D eigenvalue weighted by Crippen LogP contribution is 2.39. The number of benzene rings is 1. The standard InChI is InChI=1S/C18H18BrF3N6/c1-27-6-2-3-12(9-27)24-17-26-25-16(15-8-23-10-28(15)17)13-5-4-11(19)7-14(13)18(20,21)22/h4-5,7-8,10,12H,2-3,6,9H2,1H3,(H,24,26)/t12-/m1/s1. The van der Waals surface area contributed by atoms with E-state index in [2.05, 4.69) is 48.4 Å². The summed E-state index contributed by atoms with van der Waals surface area (Å²) in [6.07, 6.45) is 0.593. The highest BCUT2D eigenvalue weighted by atomic mass is 79.9. The summed E-state index contributed by atoms with van der Waals surface area (Å²) in [4.78, 5) is 6.34. The Bertz CT molecular complexity index is 1000. The van der Waals surface area contributed by atoms with Crippen LogP contribution in [0.5, 0.6) is 0 Å². The van der Waals surface area contributed by atoms with Crippen molar-refractivity contribution in [3.8, 4) is 11.3 Å². The van der Waals surface area contributed by atoms with Crippen molar-refractivity contribution < 1.29 is 13.2 Å². The first-order valence-electron chi connectivity index (χ1n) is 8.84. The van der Waals surface area contributed by atoms with Gasteiger partial charge in [0.25, 0.3) is 0 Å².